The topological polar surface area (TPSA) is 0 Å². The molecule has 0 aromatic heterocycles. The predicted octanol–water partition coefficient (Wildman–Crippen LogP) is -1.65. The van der Waals surface area contributed by atoms with Crippen LogP contribution in [0.1, 0.15) is 0 Å². The molecule has 0 atom stereocenters. The average molecular weight is 92.0 g/mol. The van der Waals surface area contributed by atoms with Crippen molar-refractivity contribution in [2.75, 3.05) is 0 Å². The number of hydrogen-bond acceptors (Lipinski definition) is 0. The summed E-state index contributed by atoms with van der Waals surface area (Å²) >= 11 is 0. The van der Waals surface area contributed by atoms with Crippen molar-refractivity contribution in [3.63, 3.8) is 0 Å². The van der Waals surface area contributed by atoms with E-state index >= 15 is 0 Å². The summed E-state index contributed by atoms with van der Waals surface area (Å²) in [4.78, 5) is 0. The van der Waals surface area contributed by atoms with E-state index in [0.717, 1.165) is 0 Å². The molecule has 0 spiro atoms. The quantitative estimate of drug-likeness (QED) is 0.248. The van der Waals surface area contributed by atoms with Crippen molar-refractivity contribution in [1.29, 1.82) is 0 Å². The molecule has 0 saturated heterocycles. The van der Waals surface area contributed by atoms with Gasteiger partial charge in [0.05, 0.1) is 0 Å². The second kappa shape index (κ2) is 4.79. The van der Waals surface area contributed by atoms with E-state index in [1.54, 1.807) is 0 Å². The Kier molecular flexibility index (Phi) is 8.86. The summed E-state index contributed by atoms with van der Waals surface area (Å²) < 4.78 is 28.8. The van der Waals surface area contributed by atoms with Crippen molar-refractivity contribution >= 4 is 0 Å². The first kappa shape index (κ1) is 9.25. The smallest absolute Gasteiger partial charge is 0.385 e. The maximum atomic E-state index is 9.58. The second-order valence-electron chi connectivity index (χ2n) is 0.214. The Labute approximate surface area is 49.6 Å². The zero-order valence-electron chi connectivity index (χ0n) is 2.63. The minimum Gasteiger partial charge on any atom is -0.385 e. The molecule has 0 rings (SSSR count). The molecule has 0 aliphatic heterocycles. The number of hydrogen-bond donors (Lipinski definition) is 0. The first-order valence-electron chi connectivity index (χ1n) is 0.567. The van der Waals surface area contributed by atoms with Gasteiger partial charge in [0.2, 0.25) is 0 Å². The van der Waals surface area contributed by atoms with E-state index in [1.807, 2.05) is 0 Å². The third kappa shape index (κ3) is 59.7. The van der Waals surface area contributed by atoms with E-state index in [0.29, 0.717) is 0 Å². The van der Waals surface area contributed by atoms with Crippen LogP contribution in [0.3, 0.4) is 0 Å². The van der Waals surface area contributed by atoms with E-state index < -0.39 is 6.68 Å². The van der Waals surface area contributed by atoms with Gasteiger partial charge in [-0.15, -0.1) is 0 Å². The van der Waals surface area contributed by atoms with Gasteiger partial charge in [0.15, 0.2) is 6.68 Å². The zero-order chi connectivity index (χ0) is 3.58. The Morgan fingerprint density at radius 3 is 1.00 bits per heavy atom. The minimum absolute atomic E-state index is 0. The van der Waals surface area contributed by atoms with Crippen LogP contribution < -0.4 is 29.6 Å². The number of rotatable bonds is 0. The van der Waals surface area contributed by atoms with Crippen LogP contribution in [-0.4, -0.2) is 0 Å². The second-order valence-corrected chi connectivity index (χ2v) is 0.214. The summed E-state index contributed by atoms with van der Waals surface area (Å²) in [6.07, 6.45) is 0. The van der Waals surface area contributed by atoms with Crippen molar-refractivity contribution < 1.29 is 42.7 Å². The van der Waals surface area contributed by atoms with Crippen molar-refractivity contribution in [3.8, 4) is 0 Å². The van der Waals surface area contributed by atoms with Crippen molar-refractivity contribution in [3.05, 3.63) is 6.68 Å². The van der Waals surface area contributed by atoms with E-state index in [1.165, 1.54) is 0 Å². The molecule has 0 heterocycles. The summed E-state index contributed by atoms with van der Waals surface area (Å²) in [6.45, 7) is -3.08. The molecule has 26 valence electrons. The fraction of sp³-hybridized carbons (Fsp3) is 0. The summed E-state index contributed by atoms with van der Waals surface area (Å²) in [6, 6.07) is 0. The Bertz CT molecular complexity index is 11.6. The van der Waals surface area contributed by atoms with Gasteiger partial charge in [0, 0.05) is 0 Å². The van der Waals surface area contributed by atoms with Crippen LogP contribution in [-0.2, 0) is 0 Å². The molecule has 0 aliphatic carbocycles. The van der Waals surface area contributed by atoms with Gasteiger partial charge in [-0.05, 0) is 0 Å². The molecule has 0 saturated carbocycles. The van der Waals surface area contributed by atoms with Crippen molar-refractivity contribution in [2.45, 2.75) is 0 Å². The number of halogens is 3. The maximum absolute atomic E-state index is 9.58. The average Bonchev–Trinajstić information content (AvgIpc) is 0.811. The molecular weight excluding hydrogens is 92.0 g/mol. The predicted molar refractivity (Wildman–Crippen MR) is 6.57 cm³/mol. The molecule has 4 heteroatoms. The monoisotopic (exact) mass is 92.0 g/mol. The van der Waals surface area contributed by atoms with E-state index in [9.17, 15) is 13.2 Å². The summed E-state index contributed by atoms with van der Waals surface area (Å²) in [5.41, 5.74) is 0. The van der Waals surface area contributed by atoms with Crippen molar-refractivity contribution in [1.82, 2.24) is 0 Å². The fourth-order valence-corrected chi connectivity index (χ4v) is 0. The molecule has 0 unspecified atom stereocenters. The maximum Gasteiger partial charge on any atom is 1.00 e. The van der Waals surface area contributed by atoms with E-state index in [4.69, 9.17) is 0 Å². The molecule has 0 amide bonds. The van der Waals surface area contributed by atoms with Crippen LogP contribution in [0.4, 0.5) is 13.2 Å². The van der Waals surface area contributed by atoms with Crippen LogP contribution in [0.2, 0.25) is 0 Å². The molecule has 0 aromatic carbocycles. The molecule has 0 bridgehead atoms. The molecule has 0 radical (unpaired) electrons. The Morgan fingerprint density at radius 1 is 1.00 bits per heavy atom. The third-order valence-electron chi connectivity index (χ3n) is 0. The van der Waals surface area contributed by atoms with Gasteiger partial charge in [-0.1, -0.05) is 0 Å². The molecule has 0 aromatic rings. The van der Waals surface area contributed by atoms with Crippen LogP contribution >= 0.6 is 0 Å². The van der Waals surface area contributed by atoms with Crippen molar-refractivity contribution in [2.24, 2.45) is 0 Å². The van der Waals surface area contributed by atoms with E-state index in [-0.39, 0.29) is 29.6 Å². The Balaban J connectivity index is 0. The van der Waals surface area contributed by atoms with Gasteiger partial charge < -0.3 is 13.2 Å². The van der Waals surface area contributed by atoms with Crippen LogP contribution in [0.5, 0.6) is 0 Å². The molecule has 0 aliphatic rings. The first-order valence-corrected chi connectivity index (χ1v) is 0.567. The van der Waals surface area contributed by atoms with E-state index in [2.05, 4.69) is 0 Å². The van der Waals surface area contributed by atoms with Gasteiger partial charge in [0.1, 0.15) is 0 Å². The SMILES string of the molecule is F[C-](F)F.[Na+]. The normalized spacial score (nSPS) is 7.20. The Morgan fingerprint density at radius 2 is 1.00 bits per heavy atom. The Hall–Kier alpha value is 0.790. The largest absolute Gasteiger partial charge is 1.00 e. The molecule has 0 N–H and O–H groups in total. The van der Waals surface area contributed by atoms with Gasteiger partial charge in [-0.25, -0.2) is 0 Å². The molecular formula is CF3Na. The summed E-state index contributed by atoms with van der Waals surface area (Å²) in [7, 11) is 0. The van der Waals surface area contributed by atoms with Gasteiger partial charge >= 0.3 is 29.6 Å². The summed E-state index contributed by atoms with van der Waals surface area (Å²) in [5, 5.41) is 0. The first-order chi connectivity index (χ1) is 1.73. The zero-order valence-corrected chi connectivity index (χ0v) is 4.63. The van der Waals surface area contributed by atoms with Gasteiger partial charge in [-0.3, -0.25) is 0 Å². The molecule has 0 nitrogen and oxygen atoms in total. The van der Waals surface area contributed by atoms with Gasteiger partial charge in [-0.2, -0.15) is 0 Å². The van der Waals surface area contributed by atoms with Crippen LogP contribution in [0.15, 0.2) is 0 Å². The molecule has 5 heavy (non-hydrogen) atoms. The van der Waals surface area contributed by atoms with Crippen LogP contribution in [0.25, 0.3) is 0 Å². The van der Waals surface area contributed by atoms with Gasteiger partial charge in [0.25, 0.3) is 0 Å². The summed E-state index contributed by atoms with van der Waals surface area (Å²) in [5.74, 6) is 0. The molecule has 0 fully saturated rings. The third-order valence-corrected chi connectivity index (χ3v) is 0. The minimum atomic E-state index is -3.08. The van der Waals surface area contributed by atoms with Crippen LogP contribution in [0, 0.1) is 6.68 Å². The standard InChI is InChI=1S/CF3.Na/c2-1(3)4;/q-1;+1. The fourth-order valence-electron chi connectivity index (χ4n) is 0.